The molecule has 116 valence electrons. The lowest BCUT2D eigenvalue weighted by Gasteiger charge is -2.33. The summed E-state index contributed by atoms with van der Waals surface area (Å²) in [6.45, 7) is 5.32. The van der Waals surface area contributed by atoms with Crippen molar-refractivity contribution in [3.8, 4) is 0 Å². The van der Waals surface area contributed by atoms with Gasteiger partial charge in [0.25, 0.3) is 0 Å². The maximum Gasteiger partial charge on any atom is 0.323 e. The molecule has 0 spiro atoms. The van der Waals surface area contributed by atoms with Gasteiger partial charge < -0.3 is 19.8 Å². The topological polar surface area (TPSA) is 64.1 Å². The number of carbonyl (C=O) groups excluding carboxylic acids is 1. The second-order valence-corrected chi connectivity index (χ2v) is 5.72. The predicted octanol–water partition coefficient (Wildman–Crippen LogP) is 1.32. The Kier molecular flexibility index (Phi) is 6.26. The molecule has 2 atom stereocenters. The molecule has 0 aromatic carbocycles. The molecular formula is C14H27N3O3. The van der Waals surface area contributed by atoms with Gasteiger partial charge in [0.1, 0.15) is 6.54 Å². The third-order valence-electron chi connectivity index (χ3n) is 4.16. The second-order valence-electron chi connectivity index (χ2n) is 5.72. The van der Waals surface area contributed by atoms with Crippen LogP contribution in [0.5, 0.6) is 0 Å². The smallest absolute Gasteiger partial charge is 0.323 e. The lowest BCUT2D eigenvalue weighted by molar-refractivity contribution is -0.138. The second kappa shape index (κ2) is 7.47. The Balaban J connectivity index is 2.65. The Labute approximate surface area is 121 Å². The van der Waals surface area contributed by atoms with Crippen LogP contribution in [0.2, 0.25) is 0 Å². The van der Waals surface area contributed by atoms with E-state index in [4.69, 9.17) is 5.11 Å². The average molecular weight is 285 g/mol. The summed E-state index contributed by atoms with van der Waals surface area (Å²) >= 11 is 0. The summed E-state index contributed by atoms with van der Waals surface area (Å²) in [6.07, 6.45) is 3.00. The quantitative estimate of drug-likeness (QED) is 0.799. The van der Waals surface area contributed by atoms with Crippen LogP contribution in [0.25, 0.3) is 0 Å². The first-order valence-electron chi connectivity index (χ1n) is 7.30. The van der Waals surface area contributed by atoms with Gasteiger partial charge in [0.05, 0.1) is 0 Å². The van der Waals surface area contributed by atoms with Gasteiger partial charge in [0.2, 0.25) is 0 Å². The summed E-state index contributed by atoms with van der Waals surface area (Å²) in [7, 11) is 3.82. The fourth-order valence-corrected chi connectivity index (χ4v) is 2.60. The number of carboxylic acid groups (broad SMARTS) is 1. The van der Waals surface area contributed by atoms with Crippen molar-refractivity contribution in [2.45, 2.75) is 45.2 Å². The number of amides is 2. The Bertz CT molecular complexity index is 349. The molecule has 6 nitrogen and oxygen atoms in total. The maximum absolute atomic E-state index is 12.4. The molecule has 0 radical (unpaired) electrons. The molecule has 0 aromatic rings. The summed E-state index contributed by atoms with van der Waals surface area (Å²) < 4.78 is 0. The highest BCUT2D eigenvalue weighted by Gasteiger charge is 2.28. The molecule has 1 heterocycles. The first kappa shape index (κ1) is 16.8. The van der Waals surface area contributed by atoms with E-state index in [9.17, 15) is 9.59 Å². The minimum atomic E-state index is -0.968. The Morgan fingerprint density at radius 3 is 2.55 bits per heavy atom. The fourth-order valence-electron chi connectivity index (χ4n) is 2.60. The van der Waals surface area contributed by atoms with E-state index in [2.05, 4.69) is 11.9 Å². The zero-order chi connectivity index (χ0) is 15.3. The number of likely N-dealkylation sites (N-methyl/N-ethyl adjacent to an activating group) is 2. The summed E-state index contributed by atoms with van der Waals surface area (Å²) in [5, 5.41) is 8.96. The van der Waals surface area contributed by atoms with Crippen molar-refractivity contribution in [3.63, 3.8) is 0 Å². The average Bonchev–Trinajstić information content (AvgIpc) is 2.79. The van der Waals surface area contributed by atoms with Gasteiger partial charge in [-0.3, -0.25) is 4.79 Å². The van der Waals surface area contributed by atoms with E-state index < -0.39 is 5.97 Å². The van der Waals surface area contributed by atoms with Crippen molar-refractivity contribution >= 4 is 12.0 Å². The van der Waals surface area contributed by atoms with Crippen molar-refractivity contribution in [2.75, 3.05) is 33.7 Å². The van der Waals surface area contributed by atoms with Gasteiger partial charge >= 0.3 is 12.0 Å². The fraction of sp³-hybridized carbons (Fsp3) is 0.857. The van der Waals surface area contributed by atoms with Gasteiger partial charge in [0.15, 0.2) is 0 Å². The number of hydrogen-bond donors (Lipinski definition) is 1. The first-order valence-corrected chi connectivity index (χ1v) is 7.30. The third-order valence-corrected chi connectivity index (χ3v) is 4.16. The number of carbonyl (C=O) groups is 2. The van der Waals surface area contributed by atoms with E-state index in [0.717, 1.165) is 25.8 Å². The number of carboxylic acids is 1. The highest BCUT2D eigenvalue weighted by atomic mass is 16.4. The van der Waals surface area contributed by atoms with Gasteiger partial charge in [0, 0.05) is 25.7 Å². The zero-order valence-corrected chi connectivity index (χ0v) is 13.0. The van der Waals surface area contributed by atoms with Crippen molar-refractivity contribution in [3.05, 3.63) is 0 Å². The number of urea groups is 1. The van der Waals surface area contributed by atoms with Crippen LogP contribution in [0.15, 0.2) is 0 Å². The van der Waals surface area contributed by atoms with Crippen LogP contribution < -0.4 is 0 Å². The normalized spacial score (nSPS) is 20.7. The summed E-state index contributed by atoms with van der Waals surface area (Å²) in [5.41, 5.74) is 0. The monoisotopic (exact) mass is 285 g/mol. The van der Waals surface area contributed by atoms with Crippen LogP contribution >= 0.6 is 0 Å². The molecule has 2 unspecified atom stereocenters. The SMILES string of the molecule is CCC(C)N(CC(=O)O)C(=O)N(C)CC1CCCN1C. The van der Waals surface area contributed by atoms with E-state index in [0.29, 0.717) is 12.6 Å². The molecule has 1 N–H and O–H groups in total. The highest BCUT2D eigenvalue weighted by Crippen LogP contribution is 2.16. The molecule has 1 fully saturated rings. The van der Waals surface area contributed by atoms with Crippen molar-refractivity contribution in [1.82, 2.24) is 14.7 Å². The Morgan fingerprint density at radius 2 is 2.10 bits per heavy atom. The minimum Gasteiger partial charge on any atom is -0.480 e. The summed E-state index contributed by atoms with van der Waals surface area (Å²) in [4.78, 5) is 28.7. The number of hydrogen-bond acceptors (Lipinski definition) is 3. The predicted molar refractivity (Wildman–Crippen MR) is 77.8 cm³/mol. The molecule has 0 aliphatic carbocycles. The molecular weight excluding hydrogens is 258 g/mol. The molecule has 1 saturated heterocycles. The van der Waals surface area contributed by atoms with Crippen LogP contribution in [0.3, 0.4) is 0 Å². The highest BCUT2D eigenvalue weighted by molar-refractivity contribution is 5.80. The van der Waals surface area contributed by atoms with Crippen molar-refractivity contribution in [2.24, 2.45) is 0 Å². The maximum atomic E-state index is 12.4. The van der Waals surface area contributed by atoms with Gasteiger partial charge in [-0.1, -0.05) is 6.92 Å². The lowest BCUT2D eigenvalue weighted by Crippen LogP contribution is -2.50. The number of nitrogens with zero attached hydrogens (tertiary/aromatic N) is 3. The van der Waals surface area contributed by atoms with Gasteiger partial charge in [-0.15, -0.1) is 0 Å². The van der Waals surface area contributed by atoms with E-state index in [-0.39, 0.29) is 18.6 Å². The van der Waals surface area contributed by atoms with Crippen molar-refractivity contribution < 1.29 is 14.7 Å². The zero-order valence-electron chi connectivity index (χ0n) is 13.0. The van der Waals surface area contributed by atoms with Crippen LogP contribution in [0.1, 0.15) is 33.1 Å². The molecule has 2 amide bonds. The van der Waals surface area contributed by atoms with Crippen LogP contribution in [-0.4, -0.2) is 77.6 Å². The van der Waals surface area contributed by atoms with Gasteiger partial charge in [-0.2, -0.15) is 0 Å². The van der Waals surface area contributed by atoms with E-state index in [1.165, 1.54) is 4.90 Å². The molecule has 0 aromatic heterocycles. The standard InChI is InChI=1S/C14H27N3O3/c1-5-11(2)17(10-13(18)19)14(20)16(4)9-12-7-6-8-15(12)3/h11-12H,5-10H2,1-4H3,(H,18,19). The molecule has 20 heavy (non-hydrogen) atoms. The van der Waals surface area contributed by atoms with E-state index in [1.54, 1.807) is 11.9 Å². The van der Waals surface area contributed by atoms with Gasteiger partial charge in [-0.05, 0) is 39.8 Å². The molecule has 1 aliphatic rings. The summed E-state index contributed by atoms with van der Waals surface area (Å²) in [5.74, 6) is -0.968. The number of rotatable bonds is 6. The number of likely N-dealkylation sites (tertiary alicyclic amines) is 1. The third kappa shape index (κ3) is 4.37. The molecule has 0 bridgehead atoms. The Morgan fingerprint density at radius 1 is 1.45 bits per heavy atom. The minimum absolute atomic E-state index is 0.0673. The van der Waals surface area contributed by atoms with E-state index >= 15 is 0 Å². The largest absolute Gasteiger partial charge is 0.480 e. The first-order chi connectivity index (χ1) is 9.36. The molecule has 1 rings (SSSR count). The molecule has 1 aliphatic heterocycles. The van der Waals surface area contributed by atoms with Crippen molar-refractivity contribution in [1.29, 1.82) is 0 Å². The van der Waals surface area contributed by atoms with E-state index in [1.807, 2.05) is 13.8 Å². The van der Waals surface area contributed by atoms with Crippen LogP contribution in [0.4, 0.5) is 4.79 Å². The molecule has 0 saturated carbocycles. The van der Waals surface area contributed by atoms with Crippen LogP contribution in [0, 0.1) is 0 Å². The van der Waals surface area contributed by atoms with Gasteiger partial charge in [-0.25, -0.2) is 4.79 Å². The Hall–Kier alpha value is -1.30. The lowest BCUT2D eigenvalue weighted by atomic mass is 10.2. The molecule has 6 heteroatoms. The number of aliphatic carboxylic acids is 1. The van der Waals surface area contributed by atoms with Crippen LogP contribution in [-0.2, 0) is 4.79 Å². The summed E-state index contributed by atoms with van der Waals surface area (Å²) in [6, 6.07) is 0.122.